The van der Waals surface area contributed by atoms with Crippen molar-refractivity contribution in [3.05, 3.63) is 29.8 Å². The van der Waals surface area contributed by atoms with Gasteiger partial charge in [0.1, 0.15) is 0 Å². The van der Waals surface area contributed by atoms with Crippen LogP contribution in [0, 0.1) is 0 Å². The fourth-order valence-electron chi connectivity index (χ4n) is 1.49. The third kappa shape index (κ3) is 3.07. The Kier molecular flexibility index (Phi) is 3.70. The number of carbonyl (C=O) groups excluding carboxylic acids is 1. The van der Waals surface area contributed by atoms with Gasteiger partial charge in [-0.25, -0.2) is 0 Å². The van der Waals surface area contributed by atoms with Crippen LogP contribution in [-0.2, 0) is 10.2 Å². The van der Waals surface area contributed by atoms with Crippen LogP contribution < -0.4 is 11.1 Å². The molecule has 0 aliphatic rings. The van der Waals surface area contributed by atoms with Crippen molar-refractivity contribution in [1.82, 2.24) is 0 Å². The zero-order valence-electron chi connectivity index (χ0n) is 10.4. The summed E-state index contributed by atoms with van der Waals surface area (Å²) < 4.78 is 0. The minimum absolute atomic E-state index is 0.00170. The molecule has 1 aromatic rings. The van der Waals surface area contributed by atoms with Crippen molar-refractivity contribution >= 4 is 11.6 Å². The predicted octanol–water partition coefficient (Wildman–Crippen LogP) is 2.27. The summed E-state index contributed by atoms with van der Waals surface area (Å²) in [5.41, 5.74) is 7.49. The van der Waals surface area contributed by atoms with E-state index in [2.05, 4.69) is 26.1 Å². The van der Waals surface area contributed by atoms with Gasteiger partial charge in [0, 0.05) is 5.69 Å². The zero-order chi connectivity index (χ0) is 12.3. The summed E-state index contributed by atoms with van der Waals surface area (Å²) in [6.45, 7) is 8.02. The molecule has 0 fully saturated rings. The lowest BCUT2D eigenvalue weighted by Gasteiger charge is -2.23. The summed E-state index contributed by atoms with van der Waals surface area (Å²) in [5.74, 6) is -0.156. The van der Waals surface area contributed by atoms with Gasteiger partial charge in [-0.2, -0.15) is 0 Å². The number of carbonyl (C=O) groups is 1. The number of rotatable bonds is 2. The molecule has 3 N–H and O–H groups in total. The molecule has 16 heavy (non-hydrogen) atoms. The third-order valence-corrected chi connectivity index (χ3v) is 2.41. The van der Waals surface area contributed by atoms with Crippen molar-refractivity contribution in [2.75, 3.05) is 5.32 Å². The number of nitrogens with one attached hydrogen (secondary N) is 1. The lowest BCUT2D eigenvalue weighted by atomic mass is 9.86. The van der Waals surface area contributed by atoms with Crippen LogP contribution in [0.4, 0.5) is 5.69 Å². The van der Waals surface area contributed by atoms with Crippen molar-refractivity contribution in [3.63, 3.8) is 0 Å². The second-order valence-electron chi connectivity index (χ2n) is 5.07. The average molecular weight is 220 g/mol. The zero-order valence-corrected chi connectivity index (χ0v) is 10.4. The molecule has 0 saturated carbocycles. The third-order valence-electron chi connectivity index (χ3n) is 2.41. The van der Waals surface area contributed by atoms with E-state index in [0.717, 1.165) is 11.3 Å². The number of hydrogen-bond donors (Lipinski definition) is 2. The Hall–Kier alpha value is -1.35. The number of anilines is 1. The van der Waals surface area contributed by atoms with E-state index in [1.54, 1.807) is 6.92 Å². The first-order chi connectivity index (χ1) is 7.32. The first kappa shape index (κ1) is 12.7. The molecule has 0 aliphatic carbocycles. The van der Waals surface area contributed by atoms with E-state index in [1.165, 1.54) is 0 Å². The highest BCUT2D eigenvalue weighted by molar-refractivity contribution is 5.95. The molecule has 1 atom stereocenters. The molecular formula is C13H20N2O. The molecule has 1 rings (SSSR count). The lowest BCUT2D eigenvalue weighted by molar-refractivity contribution is -0.117. The molecule has 0 heterocycles. The highest BCUT2D eigenvalue weighted by Crippen LogP contribution is 2.29. The van der Waals surface area contributed by atoms with Crippen LogP contribution in [0.5, 0.6) is 0 Å². The molecule has 1 aromatic carbocycles. The molecular weight excluding hydrogens is 200 g/mol. The first-order valence-corrected chi connectivity index (χ1v) is 5.48. The van der Waals surface area contributed by atoms with Crippen molar-refractivity contribution in [1.29, 1.82) is 0 Å². The summed E-state index contributed by atoms with van der Waals surface area (Å²) in [6.07, 6.45) is 0. The largest absolute Gasteiger partial charge is 0.324 e. The van der Waals surface area contributed by atoms with Gasteiger partial charge in [-0.15, -0.1) is 0 Å². The first-order valence-electron chi connectivity index (χ1n) is 5.48. The smallest absolute Gasteiger partial charge is 0.241 e. The van der Waals surface area contributed by atoms with Gasteiger partial charge in [0.25, 0.3) is 0 Å². The van der Waals surface area contributed by atoms with E-state index >= 15 is 0 Å². The van der Waals surface area contributed by atoms with Gasteiger partial charge in [-0.3, -0.25) is 4.79 Å². The Balaban J connectivity index is 3.01. The molecule has 0 spiro atoms. The minimum Gasteiger partial charge on any atom is -0.324 e. The highest BCUT2D eigenvalue weighted by Gasteiger charge is 2.19. The van der Waals surface area contributed by atoms with Gasteiger partial charge < -0.3 is 11.1 Å². The molecule has 3 nitrogen and oxygen atoms in total. The number of amides is 1. The Morgan fingerprint density at radius 1 is 1.31 bits per heavy atom. The van der Waals surface area contributed by atoms with E-state index in [0.29, 0.717) is 0 Å². The van der Waals surface area contributed by atoms with Crippen molar-refractivity contribution in [3.8, 4) is 0 Å². The molecule has 1 amide bonds. The molecule has 0 aromatic heterocycles. The number of nitrogens with two attached hydrogens (primary N) is 1. The quantitative estimate of drug-likeness (QED) is 0.803. The fourth-order valence-corrected chi connectivity index (χ4v) is 1.49. The van der Waals surface area contributed by atoms with Crippen LogP contribution in [0.3, 0.4) is 0 Å². The molecule has 3 heteroatoms. The van der Waals surface area contributed by atoms with Crippen LogP contribution >= 0.6 is 0 Å². The maximum Gasteiger partial charge on any atom is 0.241 e. The molecule has 0 unspecified atom stereocenters. The van der Waals surface area contributed by atoms with Gasteiger partial charge in [-0.05, 0) is 24.0 Å². The van der Waals surface area contributed by atoms with Crippen LogP contribution in [0.1, 0.15) is 33.3 Å². The van der Waals surface area contributed by atoms with Crippen LogP contribution in [0.2, 0.25) is 0 Å². The maximum atomic E-state index is 11.6. The van der Waals surface area contributed by atoms with Crippen LogP contribution in [0.15, 0.2) is 24.3 Å². The van der Waals surface area contributed by atoms with Crippen molar-refractivity contribution < 1.29 is 4.79 Å². The van der Waals surface area contributed by atoms with Crippen LogP contribution in [0.25, 0.3) is 0 Å². The Morgan fingerprint density at radius 2 is 1.88 bits per heavy atom. The second-order valence-corrected chi connectivity index (χ2v) is 5.07. The molecule has 0 saturated heterocycles. The second kappa shape index (κ2) is 4.66. The van der Waals surface area contributed by atoms with Gasteiger partial charge >= 0.3 is 0 Å². The van der Waals surface area contributed by atoms with Gasteiger partial charge in [-0.1, -0.05) is 39.0 Å². The van der Waals surface area contributed by atoms with Gasteiger partial charge in [0.05, 0.1) is 6.04 Å². The molecule has 88 valence electrons. The molecule has 0 aliphatic heterocycles. The van der Waals surface area contributed by atoms with Crippen LogP contribution in [-0.4, -0.2) is 11.9 Å². The fraction of sp³-hybridized carbons (Fsp3) is 0.462. The number of para-hydroxylation sites is 1. The summed E-state index contributed by atoms with van der Waals surface area (Å²) in [5, 5.41) is 2.85. The Morgan fingerprint density at radius 3 is 2.38 bits per heavy atom. The number of hydrogen-bond acceptors (Lipinski definition) is 2. The predicted molar refractivity (Wildman–Crippen MR) is 67.4 cm³/mol. The topological polar surface area (TPSA) is 55.1 Å². The standard InChI is InChI=1S/C13H20N2O/c1-9(14)12(16)15-11-8-6-5-7-10(11)13(2,3)4/h5-9H,14H2,1-4H3,(H,15,16)/t9-/m0/s1. The average Bonchev–Trinajstić information content (AvgIpc) is 2.16. The van der Waals surface area contributed by atoms with E-state index < -0.39 is 6.04 Å². The van der Waals surface area contributed by atoms with E-state index in [-0.39, 0.29) is 11.3 Å². The monoisotopic (exact) mass is 220 g/mol. The van der Waals surface area contributed by atoms with E-state index in [1.807, 2.05) is 24.3 Å². The van der Waals surface area contributed by atoms with Gasteiger partial charge in [0.15, 0.2) is 0 Å². The summed E-state index contributed by atoms with van der Waals surface area (Å²) in [6, 6.07) is 7.32. The molecule has 0 radical (unpaired) electrons. The number of benzene rings is 1. The lowest BCUT2D eigenvalue weighted by Crippen LogP contribution is -2.33. The Labute approximate surface area is 97.0 Å². The Bertz CT molecular complexity index is 378. The SMILES string of the molecule is C[C@H](N)C(=O)Nc1ccccc1C(C)(C)C. The van der Waals surface area contributed by atoms with E-state index in [9.17, 15) is 4.79 Å². The highest BCUT2D eigenvalue weighted by atomic mass is 16.2. The van der Waals surface area contributed by atoms with Crippen molar-refractivity contribution in [2.24, 2.45) is 5.73 Å². The summed E-state index contributed by atoms with van der Waals surface area (Å²) >= 11 is 0. The van der Waals surface area contributed by atoms with Crippen molar-refractivity contribution in [2.45, 2.75) is 39.2 Å². The minimum atomic E-state index is -0.493. The maximum absolute atomic E-state index is 11.6. The molecule has 0 bridgehead atoms. The van der Waals surface area contributed by atoms with E-state index in [4.69, 9.17) is 5.73 Å². The van der Waals surface area contributed by atoms with Gasteiger partial charge in [0.2, 0.25) is 5.91 Å². The summed E-state index contributed by atoms with van der Waals surface area (Å²) in [7, 11) is 0. The summed E-state index contributed by atoms with van der Waals surface area (Å²) in [4.78, 5) is 11.6. The normalized spacial score (nSPS) is 13.3.